The molecule has 0 aliphatic carbocycles. The first-order chi connectivity index (χ1) is 8.22. The van der Waals surface area contributed by atoms with Crippen molar-refractivity contribution in [2.24, 2.45) is 5.92 Å². The summed E-state index contributed by atoms with van der Waals surface area (Å²) in [6.07, 6.45) is 1.31. The number of hydrogen-bond acceptors (Lipinski definition) is 2. The van der Waals surface area contributed by atoms with Crippen molar-refractivity contribution in [3.05, 3.63) is 35.4 Å². The van der Waals surface area contributed by atoms with Crippen LogP contribution >= 0.6 is 0 Å². The molecule has 0 amide bonds. The van der Waals surface area contributed by atoms with Crippen LogP contribution in [-0.2, 0) is 0 Å². The minimum absolute atomic E-state index is 0.592. The first-order valence-corrected chi connectivity index (χ1v) is 6.70. The molecule has 94 valence electrons. The lowest BCUT2D eigenvalue weighted by molar-refractivity contribution is 0.273. The van der Waals surface area contributed by atoms with Crippen LogP contribution < -0.4 is 5.32 Å². The molecule has 1 heterocycles. The molecule has 0 spiro atoms. The Kier molecular flexibility index (Phi) is 4.19. The van der Waals surface area contributed by atoms with Crippen LogP contribution in [0.25, 0.3) is 0 Å². The topological polar surface area (TPSA) is 15.3 Å². The molecular formula is C15H24N2. The van der Waals surface area contributed by atoms with Crippen LogP contribution in [0.15, 0.2) is 24.3 Å². The molecule has 0 radical (unpaired) electrons. The van der Waals surface area contributed by atoms with Gasteiger partial charge in [-0.1, -0.05) is 36.8 Å². The van der Waals surface area contributed by atoms with E-state index in [9.17, 15) is 0 Å². The average molecular weight is 232 g/mol. The van der Waals surface area contributed by atoms with Gasteiger partial charge in [0.05, 0.1) is 0 Å². The molecule has 1 aromatic carbocycles. The van der Waals surface area contributed by atoms with E-state index in [1.54, 1.807) is 0 Å². The second-order valence-corrected chi connectivity index (χ2v) is 5.20. The number of hydrogen-bond donors (Lipinski definition) is 1. The number of likely N-dealkylation sites (tertiary alicyclic amines) is 1. The molecule has 2 atom stereocenters. The van der Waals surface area contributed by atoms with Crippen molar-refractivity contribution in [2.45, 2.75) is 26.3 Å². The van der Waals surface area contributed by atoms with E-state index in [0.29, 0.717) is 6.04 Å². The van der Waals surface area contributed by atoms with E-state index in [1.165, 1.54) is 24.1 Å². The van der Waals surface area contributed by atoms with Gasteiger partial charge in [-0.15, -0.1) is 0 Å². The van der Waals surface area contributed by atoms with E-state index in [1.807, 2.05) is 0 Å². The Morgan fingerprint density at radius 2 is 2.24 bits per heavy atom. The predicted molar refractivity (Wildman–Crippen MR) is 73.2 cm³/mol. The van der Waals surface area contributed by atoms with E-state index in [0.717, 1.165) is 19.0 Å². The summed E-state index contributed by atoms with van der Waals surface area (Å²) in [6, 6.07) is 9.57. The summed E-state index contributed by atoms with van der Waals surface area (Å²) in [5.41, 5.74) is 2.85. The van der Waals surface area contributed by atoms with Gasteiger partial charge < -0.3 is 5.32 Å². The number of nitrogens with one attached hydrogen (secondary N) is 1. The number of aryl methyl sites for hydroxylation is 1. The van der Waals surface area contributed by atoms with E-state index < -0.39 is 0 Å². The number of rotatable bonds is 4. The highest BCUT2D eigenvalue weighted by Gasteiger charge is 2.32. The highest BCUT2D eigenvalue weighted by molar-refractivity contribution is 5.26. The molecule has 0 bridgehead atoms. The summed E-state index contributed by atoms with van der Waals surface area (Å²) in [4.78, 5) is 2.50. The molecular weight excluding hydrogens is 208 g/mol. The zero-order valence-corrected chi connectivity index (χ0v) is 11.2. The van der Waals surface area contributed by atoms with Crippen molar-refractivity contribution in [1.82, 2.24) is 10.2 Å². The third kappa shape index (κ3) is 2.88. The molecule has 1 saturated heterocycles. The molecule has 0 aromatic heterocycles. The van der Waals surface area contributed by atoms with Crippen LogP contribution in [0.3, 0.4) is 0 Å². The third-order valence-corrected chi connectivity index (χ3v) is 3.81. The Labute approximate surface area is 105 Å². The second kappa shape index (κ2) is 5.65. The quantitative estimate of drug-likeness (QED) is 0.858. The Bertz CT molecular complexity index is 362. The van der Waals surface area contributed by atoms with Gasteiger partial charge in [-0.05, 0) is 51.5 Å². The predicted octanol–water partition coefficient (Wildman–Crippen LogP) is 2.60. The Balaban J connectivity index is 2.15. The van der Waals surface area contributed by atoms with Crippen LogP contribution in [0, 0.1) is 12.8 Å². The second-order valence-electron chi connectivity index (χ2n) is 5.20. The standard InChI is InChI=1S/C15H24N2/c1-4-16-11-14-8-9-17(3)15(14)13-7-5-6-12(2)10-13/h5-7,10,14-16H,4,8-9,11H2,1-3H3. The lowest BCUT2D eigenvalue weighted by atomic mass is 9.93. The molecule has 2 unspecified atom stereocenters. The summed E-state index contributed by atoms with van der Waals surface area (Å²) >= 11 is 0. The van der Waals surface area contributed by atoms with Gasteiger partial charge in [0, 0.05) is 6.04 Å². The van der Waals surface area contributed by atoms with Gasteiger partial charge >= 0.3 is 0 Å². The van der Waals surface area contributed by atoms with Crippen molar-refractivity contribution < 1.29 is 0 Å². The van der Waals surface area contributed by atoms with Crippen LogP contribution in [0.5, 0.6) is 0 Å². The average Bonchev–Trinajstić information content (AvgIpc) is 2.68. The van der Waals surface area contributed by atoms with Crippen LogP contribution in [-0.4, -0.2) is 31.6 Å². The van der Waals surface area contributed by atoms with Crippen LogP contribution in [0.1, 0.15) is 30.5 Å². The van der Waals surface area contributed by atoms with Gasteiger partial charge in [-0.25, -0.2) is 0 Å². The maximum atomic E-state index is 3.50. The monoisotopic (exact) mass is 232 g/mol. The van der Waals surface area contributed by atoms with E-state index in [4.69, 9.17) is 0 Å². The summed E-state index contributed by atoms with van der Waals surface area (Å²) in [7, 11) is 2.25. The number of benzene rings is 1. The molecule has 17 heavy (non-hydrogen) atoms. The molecule has 1 aliphatic heterocycles. The normalized spacial score (nSPS) is 25.4. The third-order valence-electron chi connectivity index (χ3n) is 3.81. The Morgan fingerprint density at radius 1 is 1.41 bits per heavy atom. The zero-order valence-electron chi connectivity index (χ0n) is 11.2. The summed E-state index contributed by atoms with van der Waals surface area (Å²) in [6.45, 7) is 7.78. The van der Waals surface area contributed by atoms with Crippen molar-refractivity contribution in [1.29, 1.82) is 0 Å². The Hall–Kier alpha value is -0.860. The fraction of sp³-hybridized carbons (Fsp3) is 0.600. The molecule has 0 saturated carbocycles. The van der Waals surface area contributed by atoms with Gasteiger partial charge in [-0.3, -0.25) is 4.90 Å². The van der Waals surface area contributed by atoms with E-state index >= 15 is 0 Å². The first-order valence-electron chi connectivity index (χ1n) is 6.70. The van der Waals surface area contributed by atoms with E-state index in [2.05, 4.69) is 55.4 Å². The number of nitrogens with zero attached hydrogens (tertiary/aromatic N) is 1. The van der Waals surface area contributed by atoms with Crippen molar-refractivity contribution >= 4 is 0 Å². The SMILES string of the molecule is CCNCC1CCN(C)C1c1cccc(C)c1. The molecule has 1 fully saturated rings. The largest absolute Gasteiger partial charge is 0.317 e. The summed E-state index contributed by atoms with van der Waals surface area (Å²) < 4.78 is 0. The van der Waals surface area contributed by atoms with Gasteiger partial charge in [0.25, 0.3) is 0 Å². The molecule has 2 nitrogen and oxygen atoms in total. The molecule has 2 rings (SSSR count). The molecule has 1 aliphatic rings. The van der Waals surface area contributed by atoms with Crippen LogP contribution in [0.2, 0.25) is 0 Å². The van der Waals surface area contributed by atoms with Crippen molar-refractivity contribution in [2.75, 3.05) is 26.7 Å². The molecule has 1 aromatic rings. The smallest absolute Gasteiger partial charge is 0.0385 e. The van der Waals surface area contributed by atoms with Crippen molar-refractivity contribution in [3.63, 3.8) is 0 Å². The van der Waals surface area contributed by atoms with Gasteiger partial charge in [0.2, 0.25) is 0 Å². The molecule has 1 N–H and O–H groups in total. The van der Waals surface area contributed by atoms with Gasteiger partial charge in [-0.2, -0.15) is 0 Å². The van der Waals surface area contributed by atoms with E-state index in [-0.39, 0.29) is 0 Å². The fourth-order valence-electron chi connectivity index (χ4n) is 2.95. The zero-order chi connectivity index (χ0) is 12.3. The maximum Gasteiger partial charge on any atom is 0.0385 e. The highest BCUT2D eigenvalue weighted by atomic mass is 15.2. The highest BCUT2D eigenvalue weighted by Crippen LogP contribution is 2.35. The lowest BCUT2D eigenvalue weighted by Crippen LogP contribution is -2.28. The lowest BCUT2D eigenvalue weighted by Gasteiger charge is -2.26. The first kappa shape index (κ1) is 12.6. The fourth-order valence-corrected chi connectivity index (χ4v) is 2.95. The Morgan fingerprint density at radius 3 is 2.94 bits per heavy atom. The maximum absolute atomic E-state index is 3.50. The van der Waals surface area contributed by atoms with Crippen molar-refractivity contribution in [3.8, 4) is 0 Å². The summed E-state index contributed by atoms with van der Waals surface area (Å²) in [5.74, 6) is 0.752. The minimum Gasteiger partial charge on any atom is -0.317 e. The minimum atomic E-state index is 0.592. The van der Waals surface area contributed by atoms with Gasteiger partial charge in [0.1, 0.15) is 0 Å². The molecule has 2 heteroatoms. The summed E-state index contributed by atoms with van der Waals surface area (Å²) in [5, 5.41) is 3.50. The van der Waals surface area contributed by atoms with Crippen LogP contribution in [0.4, 0.5) is 0 Å². The van der Waals surface area contributed by atoms with Gasteiger partial charge in [0.15, 0.2) is 0 Å².